The van der Waals surface area contributed by atoms with Crippen LogP contribution in [0.2, 0.25) is 0 Å². The van der Waals surface area contributed by atoms with E-state index in [0.717, 1.165) is 19.4 Å². The molecule has 0 amide bonds. The van der Waals surface area contributed by atoms with E-state index < -0.39 is 18.9 Å². The number of rotatable bonds is 5. The molecule has 1 heterocycles. The highest BCUT2D eigenvalue weighted by molar-refractivity contribution is 4.90. The SMILES string of the molecule is CC1(C)CCCNC1CNCC(F)(F)C(F)F. The van der Waals surface area contributed by atoms with Crippen LogP contribution >= 0.6 is 0 Å². The van der Waals surface area contributed by atoms with E-state index in [2.05, 4.69) is 24.5 Å². The van der Waals surface area contributed by atoms with Gasteiger partial charge in [-0.25, -0.2) is 8.78 Å². The van der Waals surface area contributed by atoms with Gasteiger partial charge in [0.2, 0.25) is 0 Å². The van der Waals surface area contributed by atoms with Crippen molar-refractivity contribution < 1.29 is 17.6 Å². The number of nitrogens with one attached hydrogen (secondary N) is 2. The van der Waals surface area contributed by atoms with E-state index in [4.69, 9.17) is 0 Å². The maximum absolute atomic E-state index is 12.7. The van der Waals surface area contributed by atoms with Gasteiger partial charge in [-0.1, -0.05) is 13.8 Å². The lowest BCUT2D eigenvalue weighted by Crippen LogP contribution is -2.53. The monoisotopic (exact) mass is 256 g/mol. The summed E-state index contributed by atoms with van der Waals surface area (Å²) in [4.78, 5) is 0. The van der Waals surface area contributed by atoms with E-state index >= 15 is 0 Å². The van der Waals surface area contributed by atoms with Gasteiger partial charge in [-0.05, 0) is 24.8 Å². The molecule has 102 valence electrons. The van der Waals surface area contributed by atoms with E-state index in [1.54, 1.807) is 0 Å². The van der Waals surface area contributed by atoms with Gasteiger partial charge >= 0.3 is 12.3 Å². The number of hydrogen-bond donors (Lipinski definition) is 2. The fraction of sp³-hybridized carbons (Fsp3) is 1.00. The highest BCUT2D eigenvalue weighted by Crippen LogP contribution is 2.29. The van der Waals surface area contributed by atoms with Gasteiger partial charge in [0.1, 0.15) is 0 Å². The minimum absolute atomic E-state index is 0.00532. The Labute approximate surface area is 99.1 Å². The Kier molecular flexibility index (Phi) is 4.77. The molecule has 0 spiro atoms. The van der Waals surface area contributed by atoms with E-state index in [9.17, 15) is 17.6 Å². The highest BCUT2D eigenvalue weighted by atomic mass is 19.3. The topological polar surface area (TPSA) is 24.1 Å². The van der Waals surface area contributed by atoms with Crippen LogP contribution in [0.1, 0.15) is 26.7 Å². The molecule has 0 aromatic carbocycles. The maximum atomic E-state index is 12.7. The molecule has 0 radical (unpaired) electrons. The summed E-state index contributed by atoms with van der Waals surface area (Å²) in [5.74, 6) is -3.95. The standard InChI is InChI=1S/C11H20F4N2/c1-10(2)4-3-5-17-8(10)6-16-7-11(14,15)9(12)13/h8-9,16-17H,3-7H2,1-2H3. The molecule has 1 unspecified atom stereocenters. The quantitative estimate of drug-likeness (QED) is 0.737. The second kappa shape index (κ2) is 5.52. The fourth-order valence-corrected chi connectivity index (χ4v) is 2.08. The van der Waals surface area contributed by atoms with Crippen LogP contribution in [0, 0.1) is 5.41 Å². The van der Waals surface area contributed by atoms with Crippen LogP contribution in [0.4, 0.5) is 17.6 Å². The van der Waals surface area contributed by atoms with Gasteiger partial charge in [-0.3, -0.25) is 0 Å². The Hall–Kier alpha value is -0.360. The van der Waals surface area contributed by atoms with Crippen molar-refractivity contribution in [3.63, 3.8) is 0 Å². The largest absolute Gasteiger partial charge is 0.319 e. The third-order valence-corrected chi connectivity index (χ3v) is 3.36. The predicted octanol–water partition coefficient (Wildman–Crippen LogP) is 2.25. The van der Waals surface area contributed by atoms with Crippen molar-refractivity contribution in [3.05, 3.63) is 0 Å². The fourth-order valence-electron chi connectivity index (χ4n) is 2.08. The molecule has 0 aromatic rings. The lowest BCUT2D eigenvalue weighted by atomic mass is 9.77. The lowest BCUT2D eigenvalue weighted by molar-refractivity contribution is -0.125. The smallest absolute Gasteiger partial charge is 0.312 e. The van der Waals surface area contributed by atoms with Crippen molar-refractivity contribution in [1.82, 2.24) is 10.6 Å². The average molecular weight is 256 g/mol. The van der Waals surface area contributed by atoms with Gasteiger partial charge in [0, 0.05) is 12.6 Å². The summed E-state index contributed by atoms with van der Waals surface area (Å²) in [6, 6.07) is 0.0460. The molecular weight excluding hydrogens is 236 g/mol. The number of piperidine rings is 1. The Morgan fingerprint density at radius 3 is 2.59 bits per heavy atom. The third-order valence-electron chi connectivity index (χ3n) is 3.36. The summed E-state index contributed by atoms with van der Waals surface area (Å²) < 4.78 is 49.2. The summed E-state index contributed by atoms with van der Waals surface area (Å²) >= 11 is 0. The molecule has 1 aliphatic rings. The Balaban J connectivity index is 2.35. The third kappa shape index (κ3) is 4.10. The summed E-state index contributed by atoms with van der Waals surface area (Å²) in [5, 5.41) is 5.67. The molecule has 0 saturated carbocycles. The second-order valence-corrected chi connectivity index (χ2v) is 5.29. The normalized spacial score (nSPS) is 25.2. The summed E-state index contributed by atoms with van der Waals surface area (Å²) in [6.45, 7) is 4.27. The van der Waals surface area contributed by atoms with Crippen LogP contribution in [0.15, 0.2) is 0 Å². The average Bonchev–Trinajstić information content (AvgIpc) is 2.20. The number of alkyl halides is 4. The molecule has 1 aliphatic heterocycles. The van der Waals surface area contributed by atoms with Gasteiger partial charge in [-0.15, -0.1) is 0 Å². The van der Waals surface area contributed by atoms with E-state index in [0.29, 0.717) is 0 Å². The summed E-state index contributed by atoms with van der Waals surface area (Å²) in [5.41, 5.74) is 0.00532. The molecule has 0 bridgehead atoms. The summed E-state index contributed by atoms with van der Waals surface area (Å²) in [6.07, 6.45) is -1.55. The molecule has 0 aliphatic carbocycles. The highest BCUT2D eigenvalue weighted by Gasteiger charge is 2.40. The zero-order valence-electron chi connectivity index (χ0n) is 10.2. The first-order chi connectivity index (χ1) is 7.76. The van der Waals surface area contributed by atoms with Gasteiger partial charge in [0.05, 0.1) is 6.54 Å². The maximum Gasteiger partial charge on any atom is 0.319 e. The minimum Gasteiger partial charge on any atom is -0.312 e. The van der Waals surface area contributed by atoms with Gasteiger partial charge in [-0.2, -0.15) is 8.78 Å². The zero-order valence-corrected chi connectivity index (χ0v) is 10.2. The van der Waals surface area contributed by atoms with Crippen molar-refractivity contribution in [2.75, 3.05) is 19.6 Å². The molecule has 2 nitrogen and oxygen atoms in total. The lowest BCUT2D eigenvalue weighted by Gasteiger charge is -2.39. The van der Waals surface area contributed by atoms with Crippen molar-refractivity contribution >= 4 is 0 Å². The molecule has 0 aromatic heterocycles. The minimum atomic E-state index is -3.95. The van der Waals surface area contributed by atoms with Crippen LogP contribution in [0.25, 0.3) is 0 Å². The predicted molar refractivity (Wildman–Crippen MR) is 58.6 cm³/mol. The molecule has 1 saturated heterocycles. The first-order valence-electron chi connectivity index (χ1n) is 5.86. The zero-order chi connectivity index (χ0) is 13.1. The van der Waals surface area contributed by atoms with Crippen molar-refractivity contribution in [2.24, 2.45) is 5.41 Å². The molecule has 2 N–H and O–H groups in total. The van der Waals surface area contributed by atoms with Crippen molar-refractivity contribution in [1.29, 1.82) is 0 Å². The summed E-state index contributed by atoms with van der Waals surface area (Å²) in [7, 11) is 0. The van der Waals surface area contributed by atoms with E-state index in [1.165, 1.54) is 0 Å². The molecule has 6 heteroatoms. The van der Waals surface area contributed by atoms with Crippen LogP contribution in [-0.2, 0) is 0 Å². The van der Waals surface area contributed by atoms with Gasteiger partial charge < -0.3 is 10.6 Å². The van der Waals surface area contributed by atoms with Gasteiger partial charge in [0.25, 0.3) is 0 Å². The molecule has 1 atom stereocenters. The Morgan fingerprint density at radius 1 is 1.41 bits per heavy atom. The van der Waals surface area contributed by atoms with Gasteiger partial charge in [0.15, 0.2) is 0 Å². The van der Waals surface area contributed by atoms with Crippen LogP contribution in [0.3, 0.4) is 0 Å². The Bertz CT molecular complexity index is 244. The molecule has 1 rings (SSSR count). The van der Waals surface area contributed by atoms with Crippen LogP contribution < -0.4 is 10.6 Å². The van der Waals surface area contributed by atoms with E-state index in [1.807, 2.05) is 0 Å². The molecular formula is C11H20F4N2. The van der Waals surface area contributed by atoms with Crippen LogP contribution in [0.5, 0.6) is 0 Å². The van der Waals surface area contributed by atoms with Crippen molar-refractivity contribution in [2.45, 2.75) is 45.1 Å². The Morgan fingerprint density at radius 2 is 2.06 bits per heavy atom. The molecule has 17 heavy (non-hydrogen) atoms. The number of halogens is 4. The first kappa shape index (κ1) is 14.7. The van der Waals surface area contributed by atoms with E-state index in [-0.39, 0.29) is 18.0 Å². The first-order valence-corrected chi connectivity index (χ1v) is 5.86. The van der Waals surface area contributed by atoms with Crippen LogP contribution in [-0.4, -0.2) is 38.0 Å². The number of hydrogen-bond acceptors (Lipinski definition) is 2. The molecule has 1 fully saturated rings. The van der Waals surface area contributed by atoms with Crippen molar-refractivity contribution in [3.8, 4) is 0 Å². The second-order valence-electron chi connectivity index (χ2n) is 5.29.